The van der Waals surface area contributed by atoms with E-state index in [1.807, 2.05) is 60.7 Å². The van der Waals surface area contributed by atoms with Crippen LogP contribution in [0, 0.1) is 11.3 Å². The third-order valence-corrected chi connectivity index (χ3v) is 2.95. The predicted molar refractivity (Wildman–Crippen MR) is 98.1 cm³/mol. The molecule has 126 valence electrons. The van der Waals surface area contributed by atoms with Crippen LogP contribution in [0.3, 0.4) is 0 Å². The first-order valence-electron chi connectivity index (χ1n) is 7.67. The molecule has 0 unspecified atom stereocenters. The van der Waals surface area contributed by atoms with Crippen LogP contribution in [-0.4, -0.2) is 24.1 Å². The summed E-state index contributed by atoms with van der Waals surface area (Å²) in [5.41, 5.74) is 7.40. The number of amidine groups is 1. The molecule has 0 amide bonds. The van der Waals surface area contributed by atoms with Gasteiger partial charge in [0, 0.05) is 30.9 Å². The lowest BCUT2D eigenvalue weighted by molar-refractivity contribution is 0.317. The van der Waals surface area contributed by atoms with Crippen molar-refractivity contribution in [1.29, 1.82) is 5.26 Å². The molecular formula is C18H23N5O. The Morgan fingerprint density at radius 3 is 1.92 bits per heavy atom. The van der Waals surface area contributed by atoms with Gasteiger partial charge in [-0.3, -0.25) is 0 Å². The monoisotopic (exact) mass is 325 g/mol. The van der Waals surface area contributed by atoms with E-state index in [4.69, 9.17) is 16.2 Å². The van der Waals surface area contributed by atoms with Crippen molar-refractivity contribution >= 4 is 17.2 Å². The molecule has 0 atom stereocenters. The highest BCUT2D eigenvalue weighted by atomic mass is 16.4. The largest absolute Gasteiger partial charge is 0.409 e. The van der Waals surface area contributed by atoms with E-state index >= 15 is 0 Å². The summed E-state index contributed by atoms with van der Waals surface area (Å²) in [4.78, 5) is 0. The molecule has 2 rings (SSSR count). The van der Waals surface area contributed by atoms with Gasteiger partial charge in [-0.05, 0) is 24.3 Å². The summed E-state index contributed by atoms with van der Waals surface area (Å²) < 4.78 is 0. The summed E-state index contributed by atoms with van der Waals surface area (Å²) in [5.74, 6) is 0.239. The number of anilines is 2. The molecule has 0 aliphatic rings. The van der Waals surface area contributed by atoms with Crippen LogP contribution < -0.4 is 16.4 Å². The van der Waals surface area contributed by atoms with Gasteiger partial charge in [0.05, 0.1) is 12.5 Å². The number of benzene rings is 2. The first kappa shape index (κ1) is 18.8. The minimum absolute atomic E-state index is 0.239. The van der Waals surface area contributed by atoms with Crippen molar-refractivity contribution in [1.82, 2.24) is 0 Å². The Labute approximate surface area is 142 Å². The van der Waals surface area contributed by atoms with E-state index in [0.29, 0.717) is 19.4 Å². The second-order valence-electron chi connectivity index (χ2n) is 4.84. The summed E-state index contributed by atoms with van der Waals surface area (Å²) in [6, 6.07) is 21.7. The third-order valence-electron chi connectivity index (χ3n) is 2.95. The molecule has 6 nitrogen and oxygen atoms in total. The van der Waals surface area contributed by atoms with Gasteiger partial charge in [-0.1, -0.05) is 41.6 Å². The van der Waals surface area contributed by atoms with Crippen LogP contribution in [0.2, 0.25) is 0 Å². The predicted octanol–water partition coefficient (Wildman–Crippen LogP) is 3.25. The van der Waals surface area contributed by atoms with Gasteiger partial charge in [0.2, 0.25) is 0 Å². The molecular weight excluding hydrogens is 302 g/mol. The fourth-order valence-electron chi connectivity index (χ4n) is 1.76. The molecule has 0 aromatic heterocycles. The van der Waals surface area contributed by atoms with Crippen LogP contribution in [0.25, 0.3) is 0 Å². The van der Waals surface area contributed by atoms with Gasteiger partial charge < -0.3 is 21.6 Å². The number of nitrogens with one attached hydrogen (secondary N) is 2. The highest BCUT2D eigenvalue weighted by molar-refractivity contribution is 5.80. The van der Waals surface area contributed by atoms with E-state index in [-0.39, 0.29) is 5.84 Å². The minimum atomic E-state index is 0.239. The summed E-state index contributed by atoms with van der Waals surface area (Å²) in [6.45, 7) is 1.39. The van der Waals surface area contributed by atoms with E-state index in [0.717, 1.165) is 17.9 Å². The van der Waals surface area contributed by atoms with E-state index in [1.165, 1.54) is 0 Å². The molecule has 5 N–H and O–H groups in total. The highest BCUT2D eigenvalue weighted by Crippen LogP contribution is 2.04. The summed E-state index contributed by atoms with van der Waals surface area (Å²) in [7, 11) is 0. The number of oxime groups is 1. The van der Waals surface area contributed by atoms with E-state index < -0.39 is 0 Å². The molecule has 0 aliphatic heterocycles. The molecule has 6 heteroatoms. The Hall–Kier alpha value is -3.20. The molecule has 24 heavy (non-hydrogen) atoms. The van der Waals surface area contributed by atoms with Crippen molar-refractivity contribution in [3.63, 3.8) is 0 Å². The van der Waals surface area contributed by atoms with Crippen molar-refractivity contribution in [2.24, 2.45) is 10.9 Å². The number of rotatable bonds is 7. The number of nitrogens with two attached hydrogens (primary N) is 1. The average molecular weight is 325 g/mol. The van der Waals surface area contributed by atoms with Gasteiger partial charge in [-0.15, -0.1) is 0 Å². The fraction of sp³-hybridized carbons (Fsp3) is 0.222. The second kappa shape index (κ2) is 12.4. The molecule has 0 fully saturated rings. The van der Waals surface area contributed by atoms with E-state index in [2.05, 4.69) is 21.9 Å². The molecule has 2 aromatic rings. The molecule has 0 saturated heterocycles. The van der Waals surface area contributed by atoms with Gasteiger partial charge in [0.1, 0.15) is 5.84 Å². The molecule has 0 saturated carbocycles. The molecule has 2 aromatic carbocycles. The zero-order chi connectivity index (χ0) is 17.5. The topological polar surface area (TPSA) is 106 Å². The van der Waals surface area contributed by atoms with Gasteiger partial charge in [-0.2, -0.15) is 5.26 Å². The Bertz CT molecular complexity index is 623. The molecule has 0 heterocycles. The first-order valence-corrected chi connectivity index (χ1v) is 7.67. The SMILES string of the molecule is N#CCCNc1ccccc1.N/C(CCNc1ccccc1)=N\O. The van der Waals surface area contributed by atoms with Crippen LogP contribution in [0.1, 0.15) is 12.8 Å². The third kappa shape index (κ3) is 8.95. The lowest BCUT2D eigenvalue weighted by Crippen LogP contribution is -2.16. The molecule has 0 radical (unpaired) electrons. The molecule has 0 bridgehead atoms. The van der Waals surface area contributed by atoms with Gasteiger partial charge in [0.25, 0.3) is 0 Å². The zero-order valence-electron chi connectivity index (χ0n) is 13.5. The number of nitriles is 1. The van der Waals surface area contributed by atoms with Crippen molar-refractivity contribution in [2.75, 3.05) is 23.7 Å². The van der Waals surface area contributed by atoms with Gasteiger partial charge >= 0.3 is 0 Å². The van der Waals surface area contributed by atoms with E-state index in [9.17, 15) is 0 Å². The Morgan fingerprint density at radius 2 is 1.46 bits per heavy atom. The van der Waals surface area contributed by atoms with Crippen LogP contribution in [0.15, 0.2) is 65.8 Å². The van der Waals surface area contributed by atoms with Gasteiger partial charge in [0.15, 0.2) is 0 Å². The number of para-hydroxylation sites is 2. The van der Waals surface area contributed by atoms with Crippen LogP contribution >= 0.6 is 0 Å². The summed E-state index contributed by atoms with van der Waals surface area (Å²) >= 11 is 0. The van der Waals surface area contributed by atoms with Crippen molar-refractivity contribution in [3.8, 4) is 6.07 Å². The maximum absolute atomic E-state index is 8.27. The number of hydrogen-bond donors (Lipinski definition) is 4. The normalized spacial score (nSPS) is 10.0. The second-order valence-corrected chi connectivity index (χ2v) is 4.84. The highest BCUT2D eigenvalue weighted by Gasteiger charge is 1.92. The summed E-state index contributed by atoms with van der Waals surface area (Å²) in [6.07, 6.45) is 1.08. The maximum atomic E-state index is 8.27. The van der Waals surface area contributed by atoms with Crippen molar-refractivity contribution < 1.29 is 5.21 Å². The average Bonchev–Trinajstić information content (AvgIpc) is 2.64. The lowest BCUT2D eigenvalue weighted by atomic mass is 10.3. The smallest absolute Gasteiger partial charge is 0.140 e. The van der Waals surface area contributed by atoms with E-state index in [1.54, 1.807) is 0 Å². The van der Waals surface area contributed by atoms with Crippen LogP contribution in [0.5, 0.6) is 0 Å². The first-order chi connectivity index (χ1) is 11.8. The van der Waals surface area contributed by atoms with Crippen LogP contribution in [0.4, 0.5) is 11.4 Å². The fourth-order valence-corrected chi connectivity index (χ4v) is 1.76. The lowest BCUT2D eigenvalue weighted by Gasteiger charge is -2.04. The number of nitrogens with zero attached hydrogens (tertiary/aromatic N) is 2. The summed E-state index contributed by atoms with van der Waals surface area (Å²) in [5, 5.41) is 25.7. The van der Waals surface area contributed by atoms with Gasteiger partial charge in [-0.25, -0.2) is 0 Å². The number of hydrogen-bond acceptors (Lipinski definition) is 5. The Balaban J connectivity index is 0.000000243. The Morgan fingerprint density at radius 1 is 0.958 bits per heavy atom. The molecule has 0 spiro atoms. The zero-order valence-corrected chi connectivity index (χ0v) is 13.5. The minimum Gasteiger partial charge on any atom is -0.409 e. The quantitative estimate of drug-likeness (QED) is 0.205. The standard InChI is InChI=1S/C9H13N3O.C9H10N2/c10-9(12-13)6-7-11-8-4-2-1-3-5-8;10-7-4-8-11-9-5-2-1-3-6-9/h1-5,11,13H,6-7H2,(H2,10,12);1-3,5-6,11H,4,8H2. The Kier molecular flexibility index (Phi) is 9.70. The maximum Gasteiger partial charge on any atom is 0.140 e. The van der Waals surface area contributed by atoms with Crippen molar-refractivity contribution in [3.05, 3.63) is 60.7 Å². The van der Waals surface area contributed by atoms with Crippen LogP contribution in [-0.2, 0) is 0 Å². The molecule has 0 aliphatic carbocycles. The van der Waals surface area contributed by atoms with Crippen molar-refractivity contribution in [2.45, 2.75) is 12.8 Å².